The third kappa shape index (κ3) is 18.4. The van der Waals surface area contributed by atoms with Crippen molar-refractivity contribution in [2.45, 2.75) is 65.2 Å². The second kappa shape index (κ2) is 15.7. The monoisotopic (exact) mass is 380 g/mol. The Morgan fingerprint density at radius 3 is 1.43 bits per heavy atom. The van der Waals surface area contributed by atoms with Crippen LogP contribution in [0, 0.1) is 0 Å². The van der Waals surface area contributed by atoms with Crippen molar-refractivity contribution in [2.24, 2.45) is 0 Å². The van der Waals surface area contributed by atoms with Crippen molar-refractivity contribution in [1.82, 2.24) is 12.3 Å². The summed E-state index contributed by atoms with van der Waals surface area (Å²) in [6.45, 7) is 4.15. The highest BCUT2D eigenvalue weighted by atomic mass is 31.3. The molecular formula is C12H34N2O7P2. The van der Waals surface area contributed by atoms with Crippen molar-refractivity contribution in [3.63, 3.8) is 0 Å². The van der Waals surface area contributed by atoms with Gasteiger partial charge in [0.1, 0.15) is 0 Å². The van der Waals surface area contributed by atoms with Gasteiger partial charge < -0.3 is 26.7 Å². The molecule has 9 nitrogen and oxygen atoms in total. The van der Waals surface area contributed by atoms with Gasteiger partial charge in [0.2, 0.25) is 0 Å². The van der Waals surface area contributed by atoms with Crippen molar-refractivity contribution < 1.29 is 32.3 Å². The molecule has 0 unspecified atom stereocenters. The molecule has 0 fully saturated rings. The zero-order valence-electron chi connectivity index (χ0n) is 14.8. The Kier molecular flexibility index (Phi) is 19.1. The Morgan fingerprint density at radius 2 is 1.13 bits per heavy atom. The molecule has 0 aliphatic heterocycles. The fourth-order valence-corrected chi connectivity index (χ4v) is 3.75. The normalized spacial score (nSPS) is 11.7. The molecule has 0 aliphatic rings. The van der Waals surface area contributed by atoms with Crippen LogP contribution in [-0.2, 0) is 22.5 Å². The predicted molar refractivity (Wildman–Crippen MR) is 88.5 cm³/mol. The first-order valence-corrected chi connectivity index (χ1v) is 10.4. The minimum atomic E-state index is -5.42. The predicted octanol–water partition coefficient (Wildman–Crippen LogP) is 3.89. The number of quaternary nitrogens is 2. The zero-order chi connectivity index (χ0) is 16.2. The van der Waals surface area contributed by atoms with E-state index in [1.807, 2.05) is 13.8 Å². The van der Waals surface area contributed by atoms with Crippen LogP contribution in [-0.4, -0.2) is 13.2 Å². The number of rotatable bonds is 14. The summed E-state index contributed by atoms with van der Waals surface area (Å²) in [7, 11) is -9.75. The van der Waals surface area contributed by atoms with Gasteiger partial charge in [0.25, 0.3) is 0 Å². The summed E-state index contributed by atoms with van der Waals surface area (Å²) in [5, 5.41) is 0. The van der Waals surface area contributed by atoms with Gasteiger partial charge in [0, 0.05) is 0 Å². The molecular weight excluding hydrogens is 346 g/mol. The molecule has 0 spiro atoms. The standard InChI is InChI=1S/C12H28O7P2.2H3N/c1-3-5-7-9-11-17-21(16,19-20(13,14)15)18-12-10-8-6-4-2;;/h3-12H2,1-2H3,(H2,13,14,15);2*1H3. The largest absolute Gasteiger partial charge is 0.789 e. The van der Waals surface area contributed by atoms with Gasteiger partial charge in [-0.25, -0.2) is 4.57 Å². The molecule has 0 radical (unpaired) electrons. The van der Waals surface area contributed by atoms with Crippen LogP contribution in [0.2, 0.25) is 0 Å². The van der Waals surface area contributed by atoms with Crippen LogP contribution < -0.4 is 22.1 Å². The Balaban J connectivity index is -0.00000200. The molecule has 0 heterocycles. The minimum Gasteiger partial charge on any atom is -0.789 e. The smallest absolute Gasteiger partial charge is 0.478 e. The maximum Gasteiger partial charge on any atom is 0.478 e. The van der Waals surface area contributed by atoms with Gasteiger partial charge in [-0.2, -0.15) is 0 Å². The van der Waals surface area contributed by atoms with E-state index in [1.165, 1.54) is 0 Å². The zero-order valence-corrected chi connectivity index (χ0v) is 16.6. The Labute approximate surface area is 139 Å². The number of phosphoric acid groups is 2. The van der Waals surface area contributed by atoms with Crippen LogP contribution in [0.3, 0.4) is 0 Å². The van der Waals surface area contributed by atoms with Crippen LogP contribution in [0.1, 0.15) is 65.2 Å². The first-order valence-electron chi connectivity index (χ1n) is 7.45. The quantitative estimate of drug-likeness (QED) is 0.338. The summed E-state index contributed by atoms with van der Waals surface area (Å²) in [4.78, 5) is 21.3. The van der Waals surface area contributed by atoms with Crippen LogP contribution in [0.25, 0.3) is 0 Å². The molecule has 0 aromatic heterocycles. The molecule has 0 saturated carbocycles. The van der Waals surface area contributed by atoms with E-state index in [-0.39, 0.29) is 25.5 Å². The van der Waals surface area contributed by atoms with Gasteiger partial charge in [0.15, 0.2) is 0 Å². The van der Waals surface area contributed by atoms with Crippen LogP contribution in [0.5, 0.6) is 0 Å². The van der Waals surface area contributed by atoms with Gasteiger partial charge >= 0.3 is 7.82 Å². The molecule has 0 aromatic carbocycles. The van der Waals surface area contributed by atoms with Gasteiger partial charge in [-0.1, -0.05) is 52.4 Å². The molecule has 0 atom stereocenters. The summed E-state index contributed by atoms with van der Waals surface area (Å²) in [5.74, 6) is 0. The minimum absolute atomic E-state index is 0. The fraction of sp³-hybridized carbons (Fsp3) is 1.00. The molecule has 0 aliphatic carbocycles. The Hall–Kier alpha value is 0.180. The molecule has 0 aromatic rings. The lowest BCUT2D eigenvalue weighted by Crippen LogP contribution is -2.17. The van der Waals surface area contributed by atoms with Crippen LogP contribution in [0.4, 0.5) is 0 Å². The van der Waals surface area contributed by atoms with E-state index in [2.05, 4.69) is 4.31 Å². The number of phosphoric ester groups is 1. The highest BCUT2D eigenvalue weighted by Gasteiger charge is 2.28. The molecule has 0 amide bonds. The van der Waals surface area contributed by atoms with E-state index in [0.717, 1.165) is 38.5 Å². The van der Waals surface area contributed by atoms with Gasteiger partial charge in [-0.05, 0) is 12.8 Å². The van der Waals surface area contributed by atoms with E-state index >= 15 is 0 Å². The SMILES string of the molecule is CCCCCCOP(=O)(OCCCCCC)OP(=O)([O-])[O-].[NH4+].[NH4+]. The highest BCUT2D eigenvalue weighted by molar-refractivity contribution is 7.60. The van der Waals surface area contributed by atoms with E-state index < -0.39 is 15.6 Å². The maximum atomic E-state index is 12.1. The van der Waals surface area contributed by atoms with Crippen LogP contribution in [0.15, 0.2) is 0 Å². The second-order valence-corrected chi connectivity index (χ2v) is 7.72. The number of unbranched alkanes of at least 4 members (excludes halogenated alkanes) is 6. The van der Waals surface area contributed by atoms with Gasteiger partial charge in [0.05, 0.1) is 21.0 Å². The molecule has 0 saturated heterocycles. The van der Waals surface area contributed by atoms with E-state index in [0.29, 0.717) is 12.8 Å². The summed E-state index contributed by atoms with van der Waals surface area (Å²) in [6, 6.07) is 0. The Morgan fingerprint density at radius 1 is 0.739 bits per heavy atom. The van der Waals surface area contributed by atoms with E-state index in [9.17, 15) is 18.9 Å². The van der Waals surface area contributed by atoms with Crippen LogP contribution >= 0.6 is 15.6 Å². The Bertz CT molecular complexity index is 334. The topological polar surface area (TPSA) is 181 Å². The average Bonchev–Trinajstić information content (AvgIpc) is 2.36. The van der Waals surface area contributed by atoms with Gasteiger partial charge in [-0.15, -0.1) is 0 Å². The first kappa shape index (κ1) is 28.0. The maximum absolute atomic E-state index is 12.1. The van der Waals surface area contributed by atoms with E-state index in [4.69, 9.17) is 9.05 Å². The molecule has 144 valence electrons. The molecule has 0 rings (SSSR count). The first-order chi connectivity index (χ1) is 9.83. The molecule has 8 N–H and O–H groups in total. The average molecular weight is 380 g/mol. The lowest BCUT2D eigenvalue weighted by molar-refractivity contribution is -0.334. The van der Waals surface area contributed by atoms with E-state index in [1.54, 1.807) is 0 Å². The fourth-order valence-electron chi connectivity index (χ4n) is 1.62. The van der Waals surface area contributed by atoms with Crippen molar-refractivity contribution in [3.8, 4) is 0 Å². The third-order valence-electron chi connectivity index (χ3n) is 2.69. The molecule has 11 heteroatoms. The second-order valence-electron chi connectivity index (χ2n) is 4.76. The van der Waals surface area contributed by atoms with Crippen molar-refractivity contribution in [1.29, 1.82) is 0 Å². The number of hydrogen-bond acceptors (Lipinski definition) is 7. The summed E-state index contributed by atoms with van der Waals surface area (Å²) in [5.41, 5.74) is 0. The summed E-state index contributed by atoms with van der Waals surface area (Å²) >= 11 is 0. The van der Waals surface area contributed by atoms with Crippen molar-refractivity contribution >= 4 is 15.6 Å². The lowest BCUT2D eigenvalue weighted by Gasteiger charge is -2.31. The summed E-state index contributed by atoms with van der Waals surface area (Å²) in [6.07, 6.45) is 6.96. The van der Waals surface area contributed by atoms with Crippen molar-refractivity contribution in [2.75, 3.05) is 13.2 Å². The molecule has 23 heavy (non-hydrogen) atoms. The molecule has 0 bridgehead atoms. The lowest BCUT2D eigenvalue weighted by atomic mass is 10.2. The number of hydrogen-bond donors (Lipinski definition) is 2. The highest BCUT2D eigenvalue weighted by Crippen LogP contribution is 2.58. The van der Waals surface area contributed by atoms with Crippen molar-refractivity contribution in [3.05, 3.63) is 0 Å². The third-order valence-corrected chi connectivity index (χ3v) is 5.29. The summed E-state index contributed by atoms with van der Waals surface area (Å²) < 4.78 is 36.5. The van der Waals surface area contributed by atoms with Gasteiger partial charge in [-0.3, -0.25) is 13.4 Å².